The molecule has 2 nitrogen and oxygen atoms in total. The maximum absolute atomic E-state index is 5.24. The molecule has 1 aliphatic carbocycles. The first-order valence-electron chi connectivity index (χ1n) is 7.62. The Balaban J connectivity index is 0.000000235. The molecule has 0 aliphatic heterocycles. The van der Waals surface area contributed by atoms with E-state index in [0.29, 0.717) is 0 Å². The number of benzene rings is 2. The standard InChI is InChI=1S/C15H13O2.C5H5.2ClH.Zr/c1-16-12-3-5-14-10(8-12)7-11-9-13(17-2)4-6-15(11)14;1-2-4-5-3-1;;;/h3-9H,1-2H3;1-3H,4H2;2*1H;/q2*-1;;;+4/p-2. The van der Waals surface area contributed by atoms with Crippen molar-refractivity contribution in [3.8, 4) is 11.5 Å². The van der Waals surface area contributed by atoms with E-state index in [1.165, 1.54) is 21.5 Å². The Morgan fingerprint density at radius 1 is 0.960 bits per heavy atom. The molecule has 0 bridgehead atoms. The van der Waals surface area contributed by atoms with Gasteiger partial charge >= 0.3 is 37.9 Å². The van der Waals surface area contributed by atoms with Crippen molar-refractivity contribution in [3.63, 3.8) is 0 Å². The van der Waals surface area contributed by atoms with E-state index in [2.05, 4.69) is 42.5 Å². The molecule has 0 unspecified atom stereocenters. The van der Waals surface area contributed by atoms with Gasteiger partial charge in [0.25, 0.3) is 0 Å². The van der Waals surface area contributed by atoms with Crippen LogP contribution in [0.5, 0.6) is 11.5 Å². The number of fused-ring (bicyclic) bond motifs is 3. The average molecular weight is 452 g/mol. The fourth-order valence-electron chi connectivity index (χ4n) is 2.57. The van der Waals surface area contributed by atoms with Gasteiger partial charge in [0.15, 0.2) is 0 Å². The van der Waals surface area contributed by atoms with Crippen LogP contribution in [-0.2, 0) is 20.8 Å². The summed E-state index contributed by atoms with van der Waals surface area (Å²) in [6.45, 7) is 0. The van der Waals surface area contributed by atoms with Crippen LogP contribution in [-0.4, -0.2) is 14.2 Å². The quantitative estimate of drug-likeness (QED) is 0.418. The van der Waals surface area contributed by atoms with E-state index >= 15 is 0 Å². The normalized spacial score (nSPS) is 11.4. The van der Waals surface area contributed by atoms with Crippen LogP contribution < -0.4 is 9.47 Å². The molecule has 0 fully saturated rings. The number of allylic oxidation sites excluding steroid dienone is 4. The predicted octanol–water partition coefficient (Wildman–Crippen LogP) is 6.41. The molecule has 3 aromatic carbocycles. The Kier molecular flexibility index (Phi) is 8.68. The van der Waals surface area contributed by atoms with Crippen LogP contribution in [0.3, 0.4) is 0 Å². The van der Waals surface area contributed by atoms with Crippen LogP contribution in [0.15, 0.2) is 60.7 Å². The van der Waals surface area contributed by atoms with Gasteiger partial charge in [0, 0.05) is 0 Å². The molecule has 3 aromatic rings. The zero-order valence-corrected chi connectivity index (χ0v) is 18.0. The first-order valence-corrected chi connectivity index (χ1v) is 14.0. The van der Waals surface area contributed by atoms with E-state index in [-0.39, 0.29) is 0 Å². The van der Waals surface area contributed by atoms with Crippen molar-refractivity contribution in [1.29, 1.82) is 0 Å². The summed E-state index contributed by atoms with van der Waals surface area (Å²) in [6, 6.07) is 14.5. The number of methoxy groups -OCH3 is 2. The van der Waals surface area contributed by atoms with Crippen LogP contribution in [0.2, 0.25) is 0 Å². The van der Waals surface area contributed by atoms with Gasteiger partial charge in [-0.25, -0.2) is 12.2 Å². The van der Waals surface area contributed by atoms with Crippen molar-refractivity contribution < 1.29 is 30.3 Å². The number of hydrogen-bond donors (Lipinski definition) is 0. The second-order valence-electron chi connectivity index (χ2n) is 5.13. The van der Waals surface area contributed by atoms with Gasteiger partial charge in [-0.2, -0.15) is 6.08 Å². The number of halogens is 2. The second-order valence-corrected chi connectivity index (χ2v) is 8.86. The molecule has 0 saturated carbocycles. The molecule has 0 heterocycles. The third-order valence-electron chi connectivity index (χ3n) is 3.70. The van der Waals surface area contributed by atoms with Crippen LogP contribution in [0.25, 0.3) is 21.5 Å². The van der Waals surface area contributed by atoms with Crippen LogP contribution >= 0.6 is 17.0 Å². The van der Waals surface area contributed by atoms with Crippen molar-refractivity contribution in [1.82, 2.24) is 0 Å². The summed E-state index contributed by atoms with van der Waals surface area (Å²) in [5, 5.41) is 4.91. The number of rotatable bonds is 2. The molecule has 0 aromatic heterocycles. The summed E-state index contributed by atoms with van der Waals surface area (Å²) in [4.78, 5) is 0. The molecule has 5 heteroatoms. The summed E-state index contributed by atoms with van der Waals surface area (Å²) in [5.41, 5.74) is 0. The molecule has 0 N–H and O–H groups in total. The number of ether oxygens (including phenoxy) is 2. The van der Waals surface area contributed by atoms with E-state index in [0.717, 1.165) is 17.9 Å². The van der Waals surface area contributed by atoms with Crippen molar-refractivity contribution >= 4 is 38.6 Å². The van der Waals surface area contributed by atoms with Gasteiger partial charge < -0.3 is 9.47 Å². The Morgan fingerprint density at radius 3 is 1.80 bits per heavy atom. The Labute approximate surface area is 167 Å². The molecule has 0 radical (unpaired) electrons. The molecule has 1 aliphatic rings. The van der Waals surface area contributed by atoms with Gasteiger partial charge in [0.05, 0.1) is 25.7 Å². The van der Waals surface area contributed by atoms with Gasteiger partial charge in [0.1, 0.15) is 0 Å². The molecule has 128 valence electrons. The molecule has 0 saturated heterocycles. The molecule has 25 heavy (non-hydrogen) atoms. The minimum absolute atomic E-state index is 0.826. The summed E-state index contributed by atoms with van der Waals surface area (Å²) < 4.78 is 10.5. The monoisotopic (exact) mass is 450 g/mol. The van der Waals surface area contributed by atoms with Gasteiger partial charge in [-0.3, -0.25) is 6.08 Å². The average Bonchev–Trinajstić information content (AvgIpc) is 3.32. The fraction of sp³-hybridized carbons (Fsp3) is 0.150. The zero-order valence-electron chi connectivity index (χ0n) is 14.1. The Hall–Kier alpha value is -1.15. The molecular formula is C20H18Cl2O2Zr. The minimum atomic E-state index is -0.826. The van der Waals surface area contributed by atoms with Crippen molar-refractivity contribution in [2.45, 2.75) is 6.42 Å². The van der Waals surface area contributed by atoms with E-state index in [1.54, 1.807) is 14.2 Å². The summed E-state index contributed by atoms with van der Waals surface area (Å²) in [7, 11) is 13.2. The third kappa shape index (κ3) is 5.67. The Bertz CT molecular complexity index is 800. The van der Waals surface area contributed by atoms with Crippen molar-refractivity contribution in [2.75, 3.05) is 14.2 Å². The van der Waals surface area contributed by atoms with Crippen LogP contribution in [0.1, 0.15) is 6.42 Å². The Morgan fingerprint density at radius 2 is 1.48 bits per heavy atom. The van der Waals surface area contributed by atoms with E-state index in [4.69, 9.17) is 26.5 Å². The molecule has 0 atom stereocenters. The van der Waals surface area contributed by atoms with Gasteiger partial charge in [-0.05, 0) is 12.1 Å². The van der Waals surface area contributed by atoms with Gasteiger partial charge in [-0.1, -0.05) is 24.3 Å². The van der Waals surface area contributed by atoms with E-state index in [1.807, 2.05) is 24.3 Å². The molecule has 0 spiro atoms. The number of hydrogen-bond acceptors (Lipinski definition) is 2. The van der Waals surface area contributed by atoms with E-state index in [9.17, 15) is 0 Å². The van der Waals surface area contributed by atoms with Gasteiger partial charge in [0.2, 0.25) is 0 Å². The molecule has 4 rings (SSSR count). The zero-order chi connectivity index (χ0) is 18.1. The van der Waals surface area contributed by atoms with Crippen LogP contribution in [0.4, 0.5) is 0 Å². The van der Waals surface area contributed by atoms with Crippen LogP contribution in [0, 0.1) is 6.08 Å². The van der Waals surface area contributed by atoms with Crippen molar-refractivity contribution in [3.05, 3.63) is 66.8 Å². The third-order valence-corrected chi connectivity index (χ3v) is 3.70. The molecule has 0 amide bonds. The first kappa shape index (κ1) is 20.2. The topological polar surface area (TPSA) is 18.5 Å². The SMILES string of the molecule is COc1ccc2c(c1)[cH-]c1cc(OC)ccc12.[C-]1=CC=CC1.[Cl][Zr+2][Cl]. The first-order chi connectivity index (χ1) is 12.2. The maximum atomic E-state index is 5.24. The predicted molar refractivity (Wildman–Crippen MR) is 103 cm³/mol. The summed E-state index contributed by atoms with van der Waals surface area (Å²) >= 11 is -0.826. The summed E-state index contributed by atoms with van der Waals surface area (Å²) in [6.07, 6.45) is 10.0. The van der Waals surface area contributed by atoms with Crippen molar-refractivity contribution in [2.24, 2.45) is 0 Å². The summed E-state index contributed by atoms with van der Waals surface area (Å²) in [5.74, 6) is 1.78. The van der Waals surface area contributed by atoms with Gasteiger partial charge in [-0.15, -0.1) is 34.0 Å². The second kappa shape index (κ2) is 10.8. The molecular weight excluding hydrogens is 434 g/mol. The van der Waals surface area contributed by atoms with E-state index < -0.39 is 20.8 Å². The fourth-order valence-corrected chi connectivity index (χ4v) is 2.57.